The number of nitrogens with one attached hydrogen (secondary N) is 1. The third-order valence-electron chi connectivity index (χ3n) is 3.43. The summed E-state index contributed by atoms with van der Waals surface area (Å²) < 4.78 is 6.58. The molecule has 0 radical (unpaired) electrons. The Balaban J connectivity index is 2.00. The summed E-state index contributed by atoms with van der Waals surface area (Å²) in [5.41, 5.74) is 8.79. The molecule has 1 saturated heterocycles. The number of ether oxygens (including phenoxy) is 1. The van der Waals surface area contributed by atoms with Gasteiger partial charge in [0, 0.05) is 28.2 Å². The molecule has 0 amide bonds. The zero-order valence-electron chi connectivity index (χ0n) is 10.5. The van der Waals surface area contributed by atoms with E-state index in [1.807, 2.05) is 6.07 Å². The summed E-state index contributed by atoms with van der Waals surface area (Å²) in [4.78, 5) is 4.38. The Morgan fingerprint density at radius 1 is 1.32 bits per heavy atom. The topological polar surface area (TPSA) is 60.2 Å². The highest BCUT2D eigenvalue weighted by Gasteiger charge is 2.16. The van der Waals surface area contributed by atoms with Crippen molar-refractivity contribution in [2.75, 3.05) is 24.3 Å². The third kappa shape index (κ3) is 2.76. The molecule has 2 heterocycles. The van der Waals surface area contributed by atoms with Crippen molar-refractivity contribution in [3.05, 3.63) is 28.0 Å². The molecule has 0 aliphatic carbocycles. The number of anilines is 2. The first kappa shape index (κ1) is 12.9. The molecule has 100 valence electrons. The summed E-state index contributed by atoms with van der Waals surface area (Å²) in [6.45, 7) is 1.64. The molecule has 0 spiro atoms. The third-order valence-corrected chi connectivity index (χ3v) is 4.10. The number of pyridine rings is 1. The summed E-state index contributed by atoms with van der Waals surface area (Å²) in [7, 11) is 0. The molecular formula is C14H16IN3O. The Hall–Kier alpha value is -1.08. The molecule has 19 heavy (non-hydrogen) atoms. The van der Waals surface area contributed by atoms with Gasteiger partial charge in [-0.15, -0.1) is 0 Å². The van der Waals surface area contributed by atoms with E-state index in [-0.39, 0.29) is 0 Å². The van der Waals surface area contributed by atoms with Gasteiger partial charge >= 0.3 is 0 Å². The summed E-state index contributed by atoms with van der Waals surface area (Å²) in [5, 5.41) is 4.67. The van der Waals surface area contributed by atoms with Crippen molar-refractivity contribution in [3.63, 3.8) is 0 Å². The molecule has 3 N–H and O–H groups in total. The molecule has 0 unspecified atom stereocenters. The van der Waals surface area contributed by atoms with E-state index in [1.165, 1.54) is 3.57 Å². The maximum Gasteiger partial charge on any atom is 0.0743 e. The highest BCUT2D eigenvalue weighted by Crippen LogP contribution is 2.30. The van der Waals surface area contributed by atoms with Crippen LogP contribution in [0.15, 0.2) is 24.4 Å². The number of rotatable bonds is 2. The molecule has 1 aromatic heterocycles. The quantitative estimate of drug-likeness (QED) is 0.799. The van der Waals surface area contributed by atoms with Crippen LogP contribution in [0.1, 0.15) is 12.8 Å². The second-order valence-electron chi connectivity index (χ2n) is 4.78. The van der Waals surface area contributed by atoms with Crippen LogP contribution >= 0.6 is 22.6 Å². The van der Waals surface area contributed by atoms with Gasteiger partial charge in [-0.25, -0.2) is 0 Å². The number of nitrogens with zero attached hydrogens (tertiary/aromatic N) is 1. The lowest BCUT2D eigenvalue weighted by atomic mass is 10.1. The van der Waals surface area contributed by atoms with E-state index in [0.29, 0.717) is 11.7 Å². The standard InChI is InChI=1S/C14H16IN3O/c15-9-1-2-13-11(7-9)14(12(16)8-17-13)18-10-3-5-19-6-4-10/h1-2,7-8,10H,3-6,16H2,(H,17,18). The predicted octanol–water partition coefficient (Wildman–Crippen LogP) is 3.01. The van der Waals surface area contributed by atoms with Gasteiger partial charge in [0.05, 0.1) is 23.1 Å². The van der Waals surface area contributed by atoms with E-state index >= 15 is 0 Å². The van der Waals surface area contributed by atoms with Gasteiger partial charge in [0.25, 0.3) is 0 Å². The van der Waals surface area contributed by atoms with Gasteiger partial charge < -0.3 is 15.8 Å². The molecule has 4 nitrogen and oxygen atoms in total. The molecule has 5 heteroatoms. The van der Waals surface area contributed by atoms with Crippen LogP contribution in [0.25, 0.3) is 10.9 Å². The molecule has 2 aromatic rings. The lowest BCUT2D eigenvalue weighted by Gasteiger charge is -2.25. The average molecular weight is 369 g/mol. The smallest absolute Gasteiger partial charge is 0.0743 e. The van der Waals surface area contributed by atoms with Crippen LogP contribution in [0.5, 0.6) is 0 Å². The van der Waals surface area contributed by atoms with Gasteiger partial charge in [-0.05, 0) is 53.6 Å². The van der Waals surface area contributed by atoms with E-state index in [0.717, 1.165) is 42.6 Å². The van der Waals surface area contributed by atoms with Gasteiger partial charge in [-0.2, -0.15) is 0 Å². The Morgan fingerprint density at radius 3 is 2.89 bits per heavy atom. The van der Waals surface area contributed by atoms with Crippen molar-refractivity contribution in [1.82, 2.24) is 4.98 Å². The summed E-state index contributed by atoms with van der Waals surface area (Å²) in [6.07, 6.45) is 3.78. The van der Waals surface area contributed by atoms with E-state index in [1.54, 1.807) is 6.20 Å². The van der Waals surface area contributed by atoms with Gasteiger partial charge in [-0.1, -0.05) is 0 Å². The first-order chi connectivity index (χ1) is 9.24. The molecular weight excluding hydrogens is 353 g/mol. The second kappa shape index (κ2) is 5.50. The number of aromatic nitrogens is 1. The van der Waals surface area contributed by atoms with Crippen LogP contribution < -0.4 is 11.1 Å². The van der Waals surface area contributed by atoms with E-state index in [9.17, 15) is 0 Å². The molecule has 1 aromatic carbocycles. The normalized spacial score (nSPS) is 16.7. The number of fused-ring (bicyclic) bond motifs is 1. The number of halogens is 1. The SMILES string of the molecule is Nc1cnc2ccc(I)cc2c1NC1CCOCC1. The van der Waals surface area contributed by atoms with Crippen LogP contribution in [0, 0.1) is 3.57 Å². The number of hydrogen-bond donors (Lipinski definition) is 2. The Bertz CT molecular complexity index is 591. The van der Waals surface area contributed by atoms with Crippen LogP contribution in [0.3, 0.4) is 0 Å². The van der Waals surface area contributed by atoms with Gasteiger partial charge in [0.2, 0.25) is 0 Å². The van der Waals surface area contributed by atoms with Crippen LogP contribution in [0.4, 0.5) is 11.4 Å². The summed E-state index contributed by atoms with van der Waals surface area (Å²) in [6, 6.07) is 6.65. The van der Waals surface area contributed by atoms with E-state index in [4.69, 9.17) is 10.5 Å². The molecule has 3 rings (SSSR count). The fourth-order valence-corrected chi connectivity index (χ4v) is 2.88. The van der Waals surface area contributed by atoms with Crippen LogP contribution in [-0.2, 0) is 4.74 Å². The highest BCUT2D eigenvalue weighted by molar-refractivity contribution is 14.1. The monoisotopic (exact) mass is 369 g/mol. The first-order valence-electron chi connectivity index (χ1n) is 6.42. The zero-order valence-corrected chi connectivity index (χ0v) is 12.7. The first-order valence-corrected chi connectivity index (χ1v) is 7.50. The summed E-state index contributed by atoms with van der Waals surface area (Å²) in [5.74, 6) is 0. The van der Waals surface area contributed by atoms with Crippen molar-refractivity contribution in [3.8, 4) is 0 Å². The molecule has 1 aliphatic heterocycles. The van der Waals surface area contributed by atoms with Gasteiger partial charge in [0.1, 0.15) is 0 Å². The zero-order chi connectivity index (χ0) is 13.2. The highest BCUT2D eigenvalue weighted by atomic mass is 127. The number of benzene rings is 1. The molecule has 0 bridgehead atoms. The van der Waals surface area contributed by atoms with Crippen molar-refractivity contribution >= 4 is 44.9 Å². The minimum atomic E-state index is 0.430. The van der Waals surface area contributed by atoms with E-state index < -0.39 is 0 Å². The maximum absolute atomic E-state index is 6.10. The molecule has 1 fully saturated rings. The minimum Gasteiger partial charge on any atom is -0.396 e. The Kier molecular flexibility index (Phi) is 3.74. The van der Waals surface area contributed by atoms with Crippen LogP contribution in [-0.4, -0.2) is 24.2 Å². The minimum absolute atomic E-state index is 0.430. The predicted molar refractivity (Wildman–Crippen MR) is 86.3 cm³/mol. The number of nitrogen functional groups attached to an aromatic ring is 1. The number of nitrogens with two attached hydrogens (primary N) is 1. The lowest BCUT2D eigenvalue weighted by molar-refractivity contribution is 0.0905. The van der Waals surface area contributed by atoms with Crippen molar-refractivity contribution in [2.24, 2.45) is 0 Å². The van der Waals surface area contributed by atoms with Crippen LogP contribution in [0.2, 0.25) is 0 Å². The average Bonchev–Trinajstić information content (AvgIpc) is 2.43. The van der Waals surface area contributed by atoms with Gasteiger partial charge in [-0.3, -0.25) is 4.98 Å². The fraction of sp³-hybridized carbons (Fsp3) is 0.357. The fourth-order valence-electron chi connectivity index (χ4n) is 2.39. The number of hydrogen-bond acceptors (Lipinski definition) is 4. The second-order valence-corrected chi connectivity index (χ2v) is 6.03. The van der Waals surface area contributed by atoms with E-state index in [2.05, 4.69) is 45.0 Å². The van der Waals surface area contributed by atoms with Crippen molar-refractivity contribution < 1.29 is 4.74 Å². The Labute approximate surface area is 125 Å². The molecule has 0 saturated carbocycles. The lowest BCUT2D eigenvalue weighted by Crippen LogP contribution is -2.28. The largest absolute Gasteiger partial charge is 0.396 e. The van der Waals surface area contributed by atoms with Crippen molar-refractivity contribution in [2.45, 2.75) is 18.9 Å². The summed E-state index contributed by atoms with van der Waals surface area (Å²) >= 11 is 2.31. The van der Waals surface area contributed by atoms with Gasteiger partial charge in [0.15, 0.2) is 0 Å². The molecule has 0 atom stereocenters. The Morgan fingerprint density at radius 2 is 2.11 bits per heavy atom. The maximum atomic E-state index is 6.10. The van der Waals surface area contributed by atoms with Crippen molar-refractivity contribution in [1.29, 1.82) is 0 Å². The molecule has 1 aliphatic rings.